The summed E-state index contributed by atoms with van der Waals surface area (Å²) in [6, 6.07) is 14.4. The number of ether oxygens (including phenoxy) is 2. The third-order valence-electron chi connectivity index (χ3n) is 4.98. The van der Waals surface area contributed by atoms with Crippen LogP contribution in [0.25, 0.3) is 22.2 Å². The van der Waals surface area contributed by atoms with Crippen LogP contribution in [0.5, 0.6) is 10.9 Å². The number of nitrogens with one attached hydrogen (secondary N) is 1. The normalized spacial score (nSPS) is 10.8. The first-order chi connectivity index (χ1) is 17.1. The number of rotatable bonds is 7. The van der Waals surface area contributed by atoms with Crippen LogP contribution in [0.2, 0.25) is 5.02 Å². The highest BCUT2D eigenvalue weighted by Crippen LogP contribution is 2.33. The molecule has 0 fully saturated rings. The molecule has 9 nitrogen and oxygen atoms in total. The van der Waals surface area contributed by atoms with Gasteiger partial charge in [-0.1, -0.05) is 28.8 Å². The number of carbonyl (C=O) groups is 1. The van der Waals surface area contributed by atoms with Gasteiger partial charge in [0, 0.05) is 29.5 Å². The number of nitrogens with zero attached hydrogens (tertiary/aromatic N) is 5. The first-order valence-electron chi connectivity index (χ1n) is 10.4. The Morgan fingerprint density at radius 2 is 2.00 bits per heavy atom. The lowest BCUT2D eigenvalue weighted by Gasteiger charge is -2.13. The minimum absolute atomic E-state index is 0.194. The predicted molar refractivity (Wildman–Crippen MR) is 133 cm³/mol. The molecule has 11 heteroatoms. The van der Waals surface area contributed by atoms with Crippen molar-refractivity contribution in [2.45, 2.75) is 6.61 Å². The Balaban J connectivity index is 1.41. The molecule has 0 aliphatic heterocycles. The van der Waals surface area contributed by atoms with Gasteiger partial charge in [-0.3, -0.25) is 20.1 Å². The minimum Gasteiger partial charge on any atom is -0.496 e. The van der Waals surface area contributed by atoms with Crippen molar-refractivity contribution >= 4 is 44.9 Å². The van der Waals surface area contributed by atoms with Crippen molar-refractivity contribution in [2.75, 3.05) is 12.4 Å². The highest BCUT2D eigenvalue weighted by Gasteiger charge is 2.20. The monoisotopic (exact) mass is 504 g/mol. The molecule has 4 aromatic heterocycles. The van der Waals surface area contributed by atoms with Crippen LogP contribution < -0.4 is 14.8 Å². The predicted octanol–water partition coefficient (Wildman–Crippen LogP) is 5.04. The van der Waals surface area contributed by atoms with Crippen molar-refractivity contribution in [3.63, 3.8) is 0 Å². The molecule has 1 aromatic carbocycles. The van der Waals surface area contributed by atoms with Crippen LogP contribution in [0.1, 0.15) is 16.1 Å². The van der Waals surface area contributed by atoms with Crippen molar-refractivity contribution < 1.29 is 14.3 Å². The Labute approximate surface area is 208 Å². The van der Waals surface area contributed by atoms with Gasteiger partial charge in [-0.25, -0.2) is 4.98 Å². The van der Waals surface area contributed by atoms with Crippen LogP contribution in [0.4, 0.5) is 5.13 Å². The Kier molecular flexibility index (Phi) is 6.47. The Morgan fingerprint density at radius 1 is 1.11 bits per heavy atom. The maximum atomic E-state index is 13.3. The largest absolute Gasteiger partial charge is 0.496 e. The van der Waals surface area contributed by atoms with E-state index in [4.69, 9.17) is 26.1 Å². The van der Waals surface area contributed by atoms with Gasteiger partial charge in [0.25, 0.3) is 11.1 Å². The molecule has 0 unspecified atom stereocenters. The first kappa shape index (κ1) is 22.6. The second-order valence-electron chi connectivity index (χ2n) is 7.24. The van der Waals surface area contributed by atoms with Crippen LogP contribution in [-0.4, -0.2) is 38.2 Å². The molecule has 0 saturated carbocycles. The molecule has 5 aromatic rings. The van der Waals surface area contributed by atoms with E-state index in [2.05, 4.69) is 25.5 Å². The van der Waals surface area contributed by atoms with Crippen molar-refractivity contribution in [1.82, 2.24) is 25.1 Å². The van der Waals surface area contributed by atoms with E-state index >= 15 is 0 Å². The Morgan fingerprint density at radius 3 is 2.83 bits per heavy atom. The van der Waals surface area contributed by atoms with Crippen LogP contribution in [0, 0.1) is 0 Å². The van der Waals surface area contributed by atoms with E-state index in [1.807, 2.05) is 24.3 Å². The molecule has 0 spiro atoms. The average molecular weight is 505 g/mol. The molecular formula is C24H17ClN6O3S. The quantitative estimate of drug-likeness (QED) is 0.328. The number of methoxy groups -OCH3 is 1. The van der Waals surface area contributed by atoms with E-state index < -0.39 is 5.91 Å². The van der Waals surface area contributed by atoms with Crippen molar-refractivity contribution in [3.8, 4) is 22.2 Å². The summed E-state index contributed by atoms with van der Waals surface area (Å²) in [6.45, 7) is 0.194. The number of amides is 1. The van der Waals surface area contributed by atoms with Gasteiger partial charge < -0.3 is 9.47 Å². The fourth-order valence-electron chi connectivity index (χ4n) is 3.35. The minimum atomic E-state index is -0.397. The lowest BCUT2D eigenvalue weighted by molar-refractivity contribution is 0.102. The van der Waals surface area contributed by atoms with Crippen molar-refractivity contribution in [3.05, 3.63) is 83.4 Å². The molecule has 35 heavy (non-hydrogen) atoms. The number of pyridine rings is 3. The van der Waals surface area contributed by atoms with E-state index in [1.54, 1.807) is 50.0 Å². The third-order valence-corrected chi connectivity index (χ3v) is 5.96. The van der Waals surface area contributed by atoms with Gasteiger partial charge in [-0.15, -0.1) is 5.10 Å². The zero-order valence-corrected chi connectivity index (χ0v) is 19.9. The summed E-state index contributed by atoms with van der Waals surface area (Å²) in [5.74, 6) is 0.205. The summed E-state index contributed by atoms with van der Waals surface area (Å²) in [4.78, 5) is 26.4. The Hall–Kier alpha value is -4.15. The van der Waals surface area contributed by atoms with Gasteiger partial charge in [-0.2, -0.15) is 0 Å². The fourth-order valence-corrected chi connectivity index (χ4v) is 4.05. The standard InChI is InChI=1S/C24H17ClN6O3S/c1-33-20-5-3-2-4-17(20)21-18(10-14-11-26-9-8-19(14)28-21)22(32)29-23-30-31-24(35-23)34-13-16-7-6-15(25)12-27-16/h2-12H,13H2,1H3,(H,29,30,32). The van der Waals surface area contributed by atoms with Gasteiger partial charge in [0.05, 0.1) is 34.6 Å². The van der Waals surface area contributed by atoms with Crippen molar-refractivity contribution in [1.29, 1.82) is 0 Å². The van der Waals surface area contributed by atoms with Crippen LogP contribution in [0.15, 0.2) is 67.1 Å². The lowest BCUT2D eigenvalue weighted by Crippen LogP contribution is -2.14. The molecule has 0 aliphatic carbocycles. The van der Waals surface area contributed by atoms with E-state index in [0.29, 0.717) is 44.0 Å². The SMILES string of the molecule is COc1ccccc1-c1nc2ccncc2cc1C(=O)Nc1nnc(OCc2ccc(Cl)cn2)s1. The number of hydrogen-bond acceptors (Lipinski definition) is 9. The second kappa shape index (κ2) is 10.00. The molecule has 0 atom stereocenters. The summed E-state index contributed by atoms with van der Waals surface area (Å²) >= 11 is 6.96. The summed E-state index contributed by atoms with van der Waals surface area (Å²) in [5.41, 5.74) is 2.91. The molecule has 4 heterocycles. The zero-order chi connectivity index (χ0) is 24.2. The number of halogens is 1. The summed E-state index contributed by atoms with van der Waals surface area (Å²) in [7, 11) is 1.58. The lowest BCUT2D eigenvalue weighted by atomic mass is 10.0. The van der Waals surface area contributed by atoms with Gasteiger partial charge in [0.2, 0.25) is 5.13 Å². The molecule has 0 bridgehead atoms. The summed E-state index contributed by atoms with van der Waals surface area (Å²) in [6.07, 6.45) is 4.86. The van der Waals surface area contributed by atoms with E-state index in [9.17, 15) is 4.79 Å². The van der Waals surface area contributed by atoms with Crippen LogP contribution in [-0.2, 0) is 6.61 Å². The number of anilines is 1. The third kappa shape index (κ3) is 5.03. The Bertz CT molecular complexity index is 1510. The number of fused-ring (bicyclic) bond motifs is 1. The molecule has 0 radical (unpaired) electrons. The van der Waals surface area contributed by atoms with Gasteiger partial charge >= 0.3 is 0 Å². The number of hydrogen-bond donors (Lipinski definition) is 1. The van der Waals surface area contributed by atoms with Crippen molar-refractivity contribution in [2.24, 2.45) is 0 Å². The second-order valence-corrected chi connectivity index (χ2v) is 8.61. The maximum Gasteiger partial charge on any atom is 0.296 e. The number of carbonyl (C=O) groups excluding carboxylic acids is 1. The van der Waals surface area contributed by atoms with E-state index in [0.717, 1.165) is 16.7 Å². The molecule has 5 rings (SSSR count). The fraction of sp³-hybridized carbons (Fsp3) is 0.0833. The highest BCUT2D eigenvalue weighted by molar-refractivity contribution is 7.17. The smallest absolute Gasteiger partial charge is 0.296 e. The van der Waals surface area contributed by atoms with Gasteiger partial charge in [-0.05, 0) is 47.7 Å². The van der Waals surface area contributed by atoms with E-state index in [-0.39, 0.29) is 11.7 Å². The van der Waals surface area contributed by atoms with Gasteiger partial charge in [0.15, 0.2) is 0 Å². The van der Waals surface area contributed by atoms with E-state index in [1.165, 1.54) is 0 Å². The molecule has 1 amide bonds. The molecule has 0 saturated heterocycles. The highest BCUT2D eigenvalue weighted by atomic mass is 35.5. The molecular weight excluding hydrogens is 488 g/mol. The first-order valence-corrected chi connectivity index (χ1v) is 11.6. The number of aromatic nitrogens is 5. The van der Waals surface area contributed by atoms with Gasteiger partial charge in [0.1, 0.15) is 12.4 Å². The maximum absolute atomic E-state index is 13.3. The molecule has 1 N–H and O–H groups in total. The number of para-hydroxylation sites is 1. The molecule has 0 aliphatic rings. The summed E-state index contributed by atoms with van der Waals surface area (Å²) < 4.78 is 11.1. The zero-order valence-electron chi connectivity index (χ0n) is 18.3. The molecule has 174 valence electrons. The van der Waals surface area contributed by atoms with Crippen LogP contribution in [0.3, 0.4) is 0 Å². The topological polar surface area (TPSA) is 112 Å². The number of benzene rings is 1. The average Bonchev–Trinajstić information content (AvgIpc) is 3.34. The summed E-state index contributed by atoms with van der Waals surface area (Å²) in [5, 5.41) is 12.6. The van der Waals surface area contributed by atoms with Crippen LogP contribution >= 0.6 is 22.9 Å².